The molecule has 1 saturated heterocycles. The number of hydrogen-bond acceptors (Lipinski definition) is 8. The van der Waals surface area contributed by atoms with Gasteiger partial charge in [-0.15, -0.1) is 0 Å². The quantitative estimate of drug-likeness (QED) is 0.515. The summed E-state index contributed by atoms with van der Waals surface area (Å²) in [4.78, 5) is 34.9. The van der Waals surface area contributed by atoms with Gasteiger partial charge in [-0.25, -0.2) is 14.2 Å². The first-order valence-electron chi connectivity index (χ1n) is 11.6. The summed E-state index contributed by atoms with van der Waals surface area (Å²) in [6, 6.07) is 8.57. The van der Waals surface area contributed by atoms with Gasteiger partial charge < -0.3 is 9.47 Å². The van der Waals surface area contributed by atoms with Crippen molar-refractivity contribution in [2.75, 3.05) is 18.6 Å². The molecule has 1 aromatic carbocycles. The minimum Gasteiger partial charge on any atom is -0.347 e. The molecule has 3 unspecified atom stereocenters. The van der Waals surface area contributed by atoms with Crippen molar-refractivity contribution >= 4 is 38.9 Å². The molecule has 5 rings (SSSR count). The summed E-state index contributed by atoms with van der Waals surface area (Å²) in [7, 11) is -1.88. The van der Waals surface area contributed by atoms with E-state index in [0.29, 0.717) is 42.3 Å². The Labute approximate surface area is 204 Å². The highest BCUT2D eigenvalue weighted by Crippen LogP contribution is 2.46. The Hall–Kier alpha value is -3.15. The van der Waals surface area contributed by atoms with E-state index in [4.69, 9.17) is 9.47 Å². The maximum Gasteiger partial charge on any atom is 0.326 e. The summed E-state index contributed by atoms with van der Waals surface area (Å²) >= 11 is 0. The number of rotatable bonds is 5. The number of nitrogens with one attached hydrogen (secondary N) is 2. The zero-order chi connectivity index (χ0) is 24.6. The standard InChI is InChI=1S/C24H27N5O5S/c1-3-16-12-24(33-10-11-34-24)13-18(16)22(30)28-27-20-14-25-21-19(26-20)8-9-29(21)23(31)35(32)17-6-4-15(2)5-7-17/h4-9,14,16,18H,3,10-13H2,1-2H3,(H,26,27)(H,28,30). The van der Waals surface area contributed by atoms with E-state index in [1.54, 1.807) is 18.2 Å². The van der Waals surface area contributed by atoms with Gasteiger partial charge in [-0.3, -0.25) is 25.0 Å². The fourth-order valence-corrected chi connectivity index (χ4v) is 5.69. The Balaban J connectivity index is 1.26. The van der Waals surface area contributed by atoms with Gasteiger partial charge in [-0.05, 0) is 31.0 Å². The molecule has 1 spiro atoms. The van der Waals surface area contributed by atoms with Gasteiger partial charge >= 0.3 is 5.24 Å². The van der Waals surface area contributed by atoms with Crippen LogP contribution in [0.1, 0.15) is 31.7 Å². The van der Waals surface area contributed by atoms with Crippen LogP contribution in [0, 0.1) is 18.8 Å². The highest BCUT2D eigenvalue weighted by molar-refractivity contribution is 8.00. The van der Waals surface area contributed by atoms with Crippen LogP contribution in [0.2, 0.25) is 0 Å². The molecule has 2 N–H and O–H groups in total. The SMILES string of the molecule is CCC1CC2(CC1C(=O)NNc1cnc3c(ccn3C(=O)S(=O)c3ccc(C)cc3)n1)OCCO2. The lowest BCUT2D eigenvalue weighted by molar-refractivity contribution is -0.156. The number of hydrogen-bond donors (Lipinski definition) is 2. The lowest BCUT2D eigenvalue weighted by atomic mass is 9.93. The van der Waals surface area contributed by atoms with E-state index in [1.807, 2.05) is 19.1 Å². The van der Waals surface area contributed by atoms with Gasteiger partial charge in [-0.1, -0.05) is 31.0 Å². The van der Waals surface area contributed by atoms with Crippen molar-refractivity contribution in [3.05, 3.63) is 48.3 Å². The number of aromatic nitrogens is 3. The number of nitrogens with zero attached hydrogens (tertiary/aromatic N) is 3. The van der Waals surface area contributed by atoms with Gasteiger partial charge in [-0.2, -0.15) is 0 Å². The maximum absolute atomic E-state index is 12.9. The third-order valence-electron chi connectivity index (χ3n) is 6.64. The average Bonchev–Trinajstić information content (AvgIpc) is 3.60. The van der Waals surface area contributed by atoms with Crippen molar-refractivity contribution in [2.24, 2.45) is 11.8 Å². The van der Waals surface area contributed by atoms with Crippen LogP contribution in [0.25, 0.3) is 11.2 Å². The van der Waals surface area contributed by atoms with Crippen LogP contribution < -0.4 is 10.9 Å². The highest BCUT2D eigenvalue weighted by Gasteiger charge is 2.51. The first-order valence-corrected chi connectivity index (χ1v) is 12.7. The number of hydrazine groups is 1. The molecular weight excluding hydrogens is 470 g/mol. The van der Waals surface area contributed by atoms with E-state index < -0.39 is 21.8 Å². The first kappa shape index (κ1) is 23.6. The summed E-state index contributed by atoms with van der Waals surface area (Å²) in [5, 5.41) is -0.607. The van der Waals surface area contributed by atoms with Gasteiger partial charge in [0.05, 0.1) is 19.4 Å². The van der Waals surface area contributed by atoms with Crippen molar-refractivity contribution in [2.45, 2.75) is 43.8 Å². The van der Waals surface area contributed by atoms with Crippen molar-refractivity contribution in [1.82, 2.24) is 20.0 Å². The van der Waals surface area contributed by atoms with Crippen LogP contribution in [0.15, 0.2) is 47.6 Å². The molecule has 1 saturated carbocycles. The largest absolute Gasteiger partial charge is 0.347 e. The van der Waals surface area contributed by atoms with Gasteiger partial charge in [0.2, 0.25) is 5.91 Å². The zero-order valence-corrected chi connectivity index (χ0v) is 20.3. The molecule has 1 aliphatic heterocycles. The molecule has 11 heteroatoms. The minimum absolute atomic E-state index is 0.157. The predicted molar refractivity (Wildman–Crippen MR) is 129 cm³/mol. The molecule has 2 fully saturated rings. The Morgan fingerprint density at radius 3 is 2.63 bits per heavy atom. The van der Waals surface area contributed by atoms with E-state index in [9.17, 15) is 13.8 Å². The van der Waals surface area contributed by atoms with Gasteiger partial charge in [0, 0.05) is 29.9 Å². The van der Waals surface area contributed by atoms with E-state index in [1.165, 1.54) is 17.0 Å². The molecule has 1 amide bonds. The molecule has 184 valence electrons. The van der Waals surface area contributed by atoms with Gasteiger partial charge in [0.1, 0.15) is 16.3 Å². The summed E-state index contributed by atoms with van der Waals surface area (Å²) in [5.74, 6) is -0.549. The second-order valence-corrected chi connectivity index (χ2v) is 10.3. The molecule has 35 heavy (non-hydrogen) atoms. The van der Waals surface area contributed by atoms with Gasteiger partial charge in [0.15, 0.2) is 17.3 Å². The number of benzene rings is 1. The number of anilines is 1. The Bertz CT molecular complexity index is 1290. The highest BCUT2D eigenvalue weighted by atomic mass is 32.2. The zero-order valence-electron chi connectivity index (χ0n) is 19.5. The molecular formula is C24H27N5O5S. The van der Waals surface area contributed by atoms with Crippen LogP contribution in [0.4, 0.5) is 10.6 Å². The van der Waals surface area contributed by atoms with Crippen LogP contribution in [-0.2, 0) is 25.1 Å². The van der Waals surface area contributed by atoms with Crippen LogP contribution in [0.3, 0.4) is 0 Å². The van der Waals surface area contributed by atoms with E-state index in [-0.39, 0.29) is 23.4 Å². The Morgan fingerprint density at radius 2 is 1.91 bits per heavy atom. The molecule has 2 aliphatic rings. The maximum atomic E-state index is 12.9. The molecule has 2 aromatic heterocycles. The summed E-state index contributed by atoms with van der Waals surface area (Å²) in [6.45, 7) is 5.09. The normalized spacial score (nSPS) is 21.9. The molecule has 0 bridgehead atoms. The third-order valence-corrected chi connectivity index (χ3v) is 7.85. The third kappa shape index (κ3) is 4.58. The molecule has 1 aliphatic carbocycles. The summed E-state index contributed by atoms with van der Waals surface area (Å²) < 4.78 is 25.6. The fraction of sp³-hybridized carbons (Fsp3) is 0.417. The Kier molecular flexibility index (Phi) is 6.39. The molecule has 0 radical (unpaired) electrons. The van der Waals surface area contributed by atoms with Crippen LogP contribution in [-0.4, -0.2) is 48.9 Å². The molecule has 3 aromatic rings. The van der Waals surface area contributed by atoms with Gasteiger partial charge in [0.25, 0.3) is 0 Å². The number of carbonyl (C=O) groups excluding carboxylic acids is 2. The predicted octanol–water partition coefficient (Wildman–Crippen LogP) is 3.14. The molecule has 3 atom stereocenters. The van der Waals surface area contributed by atoms with Crippen LogP contribution in [0.5, 0.6) is 0 Å². The second-order valence-electron chi connectivity index (χ2n) is 8.90. The van der Waals surface area contributed by atoms with Crippen molar-refractivity contribution in [3.8, 4) is 0 Å². The van der Waals surface area contributed by atoms with Crippen LogP contribution >= 0.6 is 0 Å². The minimum atomic E-state index is -1.88. The first-order chi connectivity index (χ1) is 16.9. The number of carbonyl (C=O) groups is 2. The summed E-state index contributed by atoms with van der Waals surface area (Å²) in [6.07, 6.45) is 4.99. The second kappa shape index (κ2) is 9.48. The molecule has 3 heterocycles. The van der Waals surface area contributed by atoms with Crippen molar-refractivity contribution in [1.29, 1.82) is 0 Å². The van der Waals surface area contributed by atoms with E-state index >= 15 is 0 Å². The number of ether oxygens (including phenoxy) is 2. The van der Waals surface area contributed by atoms with E-state index in [2.05, 4.69) is 27.7 Å². The smallest absolute Gasteiger partial charge is 0.326 e. The lowest BCUT2D eigenvalue weighted by Crippen LogP contribution is -2.37. The monoisotopic (exact) mass is 497 g/mol. The summed E-state index contributed by atoms with van der Waals surface area (Å²) in [5.41, 5.74) is 7.27. The number of fused-ring (bicyclic) bond motifs is 1. The van der Waals surface area contributed by atoms with E-state index in [0.717, 1.165) is 12.0 Å². The van der Waals surface area contributed by atoms with Crippen molar-refractivity contribution in [3.63, 3.8) is 0 Å². The fourth-order valence-electron chi connectivity index (χ4n) is 4.78. The molecule has 10 nitrogen and oxygen atoms in total. The average molecular weight is 498 g/mol. The van der Waals surface area contributed by atoms with Crippen molar-refractivity contribution < 1.29 is 23.3 Å². The number of aryl methyl sites for hydroxylation is 1. The lowest BCUT2D eigenvalue weighted by Gasteiger charge is -2.21. The topological polar surface area (TPSA) is 124 Å². The number of amides is 1. The Morgan fingerprint density at radius 1 is 1.17 bits per heavy atom.